The summed E-state index contributed by atoms with van der Waals surface area (Å²) >= 11 is 0. The van der Waals surface area contributed by atoms with Gasteiger partial charge in [0.15, 0.2) is 0 Å². The molecule has 0 aliphatic heterocycles. The van der Waals surface area contributed by atoms with Gasteiger partial charge in [-0.15, -0.1) is 0 Å². The number of fused-ring (bicyclic) bond motifs is 2. The van der Waals surface area contributed by atoms with E-state index in [0.717, 1.165) is 45.1 Å². The summed E-state index contributed by atoms with van der Waals surface area (Å²) in [6, 6.07) is 15.7. The van der Waals surface area contributed by atoms with Crippen molar-refractivity contribution in [3.63, 3.8) is 0 Å². The van der Waals surface area contributed by atoms with Gasteiger partial charge < -0.3 is 27.7 Å². The molecule has 0 fully saturated rings. The molecule has 0 bridgehead atoms. The molecule has 2 aromatic carbocycles. The van der Waals surface area contributed by atoms with E-state index in [1.807, 2.05) is 91.6 Å². The first-order valence-electron chi connectivity index (χ1n) is 14.7. The maximum Gasteiger partial charge on any atom is 0.338 e. The first-order valence-corrected chi connectivity index (χ1v) is 14.7. The van der Waals surface area contributed by atoms with Gasteiger partial charge >= 0.3 is 23.9 Å². The van der Waals surface area contributed by atoms with Crippen LogP contribution in [0.15, 0.2) is 111 Å². The van der Waals surface area contributed by atoms with Gasteiger partial charge in [0.2, 0.25) is 0 Å². The zero-order valence-electron chi connectivity index (χ0n) is 24.8. The summed E-state index contributed by atoms with van der Waals surface area (Å²) < 4.78 is 17.4. The first kappa shape index (κ1) is 30.0. The van der Waals surface area contributed by atoms with Gasteiger partial charge in [0, 0.05) is 84.2 Å². The average molecular weight is 619 g/mol. The molecule has 4 heterocycles. The van der Waals surface area contributed by atoms with Gasteiger partial charge in [-0.2, -0.15) is 0 Å². The molecule has 6 aromatic rings. The highest BCUT2D eigenvalue weighted by molar-refractivity contribution is 5.99. The zero-order chi connectivity index (χ0) is 31.9. The van der Waals surface area contributed by atoms with Crippen molar-refractivity contribution in [1.29, 1.82) is 0 Å². The largest absolute Gasteiger partial charge is 0.390 e. The van der Waals surface area contributed by atoms with E-state index >= 15 is 0 Å². The van der Waals surface area contributed by atoms with Crippen LogP contribution in [-0.4, -0.2) is 52.1 Å². The number of benzene rings is 2. The molecule has 6 rings (SSSR count). The molecule has 0 amide bonds. The number of para-hydroxylation sites is 2. The lowest BCUT2D eigenvalue weighted by Crippen LogP contribution is -2.15. The van der Waals surface area contributed by atoms with E-state index in [-0.39, 0.29) is 12.8 Å². The number of aryl methyl sites for hydroxylation is 2. The van der Waals surface area contributed by atoms with Crippen molar-refractivity contribution in [2.45, 2.75) is 39.0 Å². The molecule has 0 saturated heterocycles. The highest BCUT2D eigenvalue weighted by Crippen LogP contribution is 2.24. The van der Waals surface area contributed by atoms with Crippen molar-refractivity contribution in [2.24, 2.45) is 0 Å². The van der Waals surface area contributed by atoms with Crippen LogP contribution in [-0.2, 0) is 54.8 Å². The molecule has 0 aliphatic carbocycles. The number of esters is 4. The van der Waals surface area contributed by atoms with Crippen LogP contribution in [0.5, 0.6) is 0 Å². The quantitative estimate of drug-likeness (QED) is 0.113. The Bertz CT molecular complexity index is 1890. The van der Waals surface area contributed by atoms with E-state index in [2.05, 4.69) is 9.97 Å². The molecule has 0 N–H and O–H groups in total. The maximum absolute atomic E-state index is 12.4. The molecular formula is C34H30N6O6. The normalized spacial score (nSPS) is 11.4. The maximum atomic E-state index is 12.4. The number of aromatic nitrogens is 6. The fourth-order valence-electron chi connectivity index (χ4n) is 5.38. The Morgan fingerprint density at radius 3 is 1.48 bits per heavy atom. The lowest BCUT2D eigenvalue weighted by molar-refractivity contribution is -0.159. The van der Waals surface area contributed by atoms with E-state index in [1.165, 1.54) is 0 Å². The van der Waals surface area contributed by atoms with E-state index in [0.29, 0.717) is 26.2 Å². The second-order valence-corrected chi connectivity index (χ2v) is 10.6. The van der Waals surface area contributed by atoms with E-state index in [9.17, 15) is 19.2 Å². The molecule has 46 heavy (non-hydrogen) atoms. The minimum Gasteiger partial charge on any atom is -0.390 e. The van der Waals surface area contributed by atoms with Crippen molar-refractivity contribution in [1.82, 2.24) is 28.2 Å². The molecule has 0 atom stereocenters. The monoisotopic (exact) mass is 618 g/mol. The van der Waals surface area contributed by atoms with Crippen LogP contribution in [0.2, 0.25) is 0 Å². The Labute approximate surface area is 263 Å². The van der Waals surface area contributed by atoms with Crippen LogP contribution in [0.4, 0.5) is 0 Å². The zero-order valence-corrected chi connectivity index (χ0v) is 24.8. The van der Waals surface area contributed by atoms with Gasteiger partial charge in [0.25, 0.3) is 0 Å². The Morgan fingerprint density at radius 1 is 0.630 bits per heavy atom. The highest BCUT2D eigenvalue weighted by Gasteiger charge is 2.15. The van der Waals surface area contributed by atoms with Gasteiger partial charge in [0.1, 0.15) is 0 Å². The average Bonchev–Trinajstić information content (AvgIpc) is 3.87. The molecule has 0 unspecified atom stereocenters. The molecule has 12 nitrogen and oxygen atoms in total. The number of hydrogen-bond acceptors (Lipinski definition) is 8. The second kappa shape index (κ2) is 13.7. The second-order valence-electron chi connectivity index (χ2n) is 10.6. The Kier molecular flexibility index (Phi) is 8.95. The number of hydrogen-bond donors (Lipinski definition) is 0. The summed E-state index contributed by atoms with van der Waals surface area (Å²) in [6.45, 7) is 1.82. The van der Waals surface area contributed by atoms with Gasteiger partial charge in [-0.25, -0.2) is 19.6 Å². The summed E-state index contributed by atoms with van der Waals surface area (Å²) in [6.07, 6.45) is 16.0. The van der Waals surface area contributed by atoms with Crippen LogP contribution >= 0.6 is 0 Å². The molecule has 0 aliphatic rings. The van der Waals surface area contributed by atoms with Crippen LogP contribution < -0.4 is 0 Å². The molecule has 0 spiro atoms. The third-order valence-corrected chi connectivity index (χ3v) is 7.46. The fraction of sp³-hybridized carbons (Fsp3) is 0.176. The topological polar surface area (TPSA) is 132 Å². The van der Waals surface area contributed by atoms with E-state index < -0.39 is 23.9 Å². The minimum absolute atomic E-state index is 0.0657. The highest BCUT2D eigenvalue weighted by atomic mass is 16.6. The van der Waals surface area contributed by atoms with Crippen LogP contribution in [0, 0.1) is 0 Å². The molecule has 0 radical (unpaired) electrons. The fourth-order valence-corrected chi connectivity index (χ4v) is 5.38. The summed E-state index contributed by atoms with van der Waals surface area (Å²) in [5.74, 6) is -3.56. The van der Waals surface area contributed by atoms with Crippen LogP contribution in [0.3, 0.4) is 0 Å². The van der Waals surface area contributed by atoms with Crippen molar-refractivity contribution < 1.29 is 28.7 Å². The Morgan fingerprint density at radius 2 is 1.07 bits per heavy atom. The predicted molar refractivity (Wildman–Crippen MR) is 167 cm³/mol. The van der Waals surface area contributed by atoms with E-state index in [1.54, 1.807) is 25.0 Å². The van der Waals surface area contributed by atoms with Crippen molar-refractivity contribution in [2.75, 3.05) is 0 Å². The van der Waals surface area contributed by atoms with Crippen LogP contribution in [0.1, 0.15) is 24.0 Å². The third kappa shape index (κ3) is 7.18. The first-order chi connectivity index (χ1) is 22.4. The van der Waals surface area contributed by atoms with Crippen LogP contribution in [0.25, 0.3) is 21.8 Å². The lowest BCUT2D eigenvalue weighted by Gasteiger charge is -2.05. The predicted octanol–water partition coefficient (Wildman–Crippen LogP) is 4.26. The molecule has 232 valence electrons. The van der Waals surface area contributed by atoms with Crippen molar-refractivity contribution >= 4 is 45.7 Å². The van der Waals surface area contributed by atoms with Gasteiger partial charge in [-0.05, 0) is 23.3 Å². The molecule has 12 heteroatoms. The van der Waals surface area contributed by atoms with Crippen molar-refractivity contribution in [3.8, 4) is 0 Å². The van der Waals surface area contributed by atoms with Gasteiger partial charge in [-0.1, -0.05) is 36.4 Å². The minimum atomic E-state index is -1.03. The smallest absolute Gasteiger partial charge is 0.338 e. The molecule has 4 aromatic heterocycles. The van der Waals surface area contributed by atoms with Gasteiger partial charge in [-0.3, -0.25) is 9.59 Å². The number of ether oxygens (including phenoxy) is 2. The lowest BCUT2D eigenvalue weighted by atomic mass is 10.2. The molecular weight excluding hydrogens is 588 g/mol. The molecule has 0 saturated carbocycles. The number of nitrogens with zero attached hydrogens (tertiary/aromatic N) is 6. The number of rotatable bonds is 12. The summed E-state index contributed by atoms with van der Waals surface area (Å²) in [4.78, 5) is 57.2. The summed E-state index contributed by atoms with van der Waals surface area (Å²) in [5.41, 5.74) is 4.02. The number of imidazole rings is 2. The number of carbonyl (C=O) groups is 4. The standard InChI is InChI=1S/C34H30N6O6/c41-31(45-33(43)11-15-39-21-25(19-37-17-13-35-23-37)27-5-1-3-7-29(27)39)9-10-32(42)46-34(44)12-16-40-22-26(20-38-18-14-36-24-38)28-6-2-4-8-30(28)40/h1-10,13-14,17-18,21-24H,11-12,15-16,19-20H2/b10-9+. The van der Waals surface area contributed by atoms with E-state index in [4.69, 9.17) is 9.47 Å². The summed E-state index contributed by atoms with van der Waals surface area (Å²) in [7, 11) is 0. The number of carbonyl (C=O) groups excluding carboxylic acids is 4. The Balaban J connectivity index is 0.969. The SMILES string of the molecule is O=C(/C=C/C(=O)OC(=O)CCn1cc(Cn2ccnc2)c2ccccc21)OC(=O)CCn1cc(Cn2ccnc2)c2ccccc21. The Hall–Kier alpha value is -6.04. The van der Waals surface area contributed by atoms with Crippen molar-refractivity contribution in [3.05, 3.63) is 122 Å². The summed E-state index contributed by atoms with van der Waals surface area (Å²) in [5, 5.41) is 2.10. The van der Waals surface area contributed by atoms with Gasteiger partial charge in [0.05, 0.1) is 38.6 Å². The third-order valence-electron chi connectivity index (χ3n) is 7.46.